The van der Waals surface area contributed by atoms with E-state index in [9.17, 15) is 14.0 Å². The van der Waals surface area contributed by atoms with E-state index in [0.717, 1.165) is 42.5 Å². The molecule has 1 amide bonds. The van der Waals surface area contributed by atoms with Crippen LogP contribution in [0.25, 0.3) is 17.2 Å². The van der Waals surface area contributed by atoms with Gasteiger partial charge in [-0.1, -0.05) is 24.3 Å². The Balaban J connectivity index is 1.34. The Hall–Kier alpha value is -3.22. The van der Waals surface area contributed by atoms with Crippen molar-refractivity contribution in [3.8, 4) is 11.1 Å². The summed E-state index contributed by atoms with van der Waals surface area (Å²) in [5.41, 5.74) is 2.48. The molecule has 7 atom stereocenters. The highest BCUT2D eigenvalue weighted by atomic mass is 19.1. The highest BCUT2D eigenvalue weighted by Gasteiger charge is 2.54. The Morgan fingerprint density at radius 1 is 1.22 bits per heavy atom. The van der Waals surface area contributed by atoms with Crippen molar-refractivity contribution in [1.82, 2.24) is 10.3 Å². The molecule has 0 radical (unpaired) electrons. The predicted molar refractivity (Wildman–Crippen MR) is 134 cm³/mol. The zero-order valence-corrected chi connectivity index (χ0v) is 20.7. The van der Waals surface area contributed by atoms with Crippen molar-refractivity contribution in [2.75, 3.05) is 6.61 Å². The quantitative estimate of drug-likeness (QED) is 0.548. The predicted octanol–water partition coefficient (Wildman–Crippen LogP) is 5.63. The summed E-state index contributed by atoms with van der Waals surface area (Å²) in [7, 11) is 0. The van der Waals surface area contributed by atoms with Crippen LogP contribution >= 0.6 is 0 Å². The molecule has 7 heteroatoms. The zero-order chi connectivity index (χ0) is 25.2. The van der Waals surface area contributed by atoms with Gasteiger partial charge in [0, 0.05) is 23.7 Å². The SMILES string of the molecule is CCOC(=O)N[C@@H]1CCC2[C@@H](C1)C[C@H]1C(=O)O[C@H](C)[C@H]1[C@H]2C=Cc1ccc(-c2cccc(F)c2)cn1. The molecule has 2 aromatic rings. The molecule has 3 fully saturated rings. The maximum absolute atomic E-state index is 13.6. The molecule has 1 aliphatic heterocycles. The molecule has 1 N–H and O–H groups in total. The number of fused-ring (bicyclic) bond motifs is 2. The molecule has 36 heavy (non-hydrogen) atoms. The van der Waals surface area contributed by atoms with Crippen molar-refractivity contribution < 1.29 is 23.5 Å². The molecular formula is C29H33FN2O4. The van der Waals surface area contributed by atoms with Crippen molar-refractivity contribution in [3.05, 3.63) is 60.2 Å². The van der Waals surface area contributed by atoms with E-state index >= 15 is 0 Å². The first-order chi connectivity index (χ1) is 17.4. The molecule has 1 saturated heterocycles. The number of aromatic nitrogens is 1. The van der Waals surface area contributed by atoms with Crippen molar-refractivity contribution in [3.63, 3.8) is 0 Å². The molecule has 3 aliphatic rings. The molecule has 1 aromatic heterocycles. The third-order valence-electron chi connectivity index (χ3n) is 8.18. The number of nitrogens with zero attached hydrogens (tertiary/aromatic N) is 1. The molecule has 1 aromatic carbocycles. The van der Waals surface area contributed by atoms with Gasteiger partial charge in [0.25, 0.3) is 0 Å². The van der Waals surface area contributed by atoms with Crippen LogP contribution in [-0.4, -0.2) is 35.8 Å². The number of esters is 1. The van der Waals surface area contributed by atoms with Crippen LogP contribution in [0.2, 0.25) is 0 Å². The van der Waals surface area contributed by atoms with Gasteiger partial charge in [-0.3, -0.25) is 9.78 Å². The second-order valence-corrected chi connectivity index (χ2v) is 10.3. The first kappa shape index (κ1) is 24.5. The lowest BCUT2D eigenvalue weighted by Crippen LogP contribution is -2.48. The average Bonchev–Trinajstić information content (AvgIpc) is 3.15. The van der Waals surface area contributed by atoms with E-state index in [1.165, 1.54) is 12.1 Å². The topological polar surface area (TPSA) is 77.5 Å². The Morgan fingerprint density at radius 2 is 2.08 bits per heavy atom. The summed E-state index contributed by atoms with van der Waals surface area (Å²) in [6.07, 6.45) is 9.07. The number of pyridine rings is 1. The number of amides is 1. The number of benzene rings is 1. The summed E-state index contributed by atoms with van der Waals surface area (Å²) in [6.45, 7) is 4.15. The summed E-state index contributed by atoms with van der Waals surface area (Å²) in [5, 5.41) is 3.00. The molecule has 2 aliphatic carbocycles. The fraction of sp³-hybridized carbons (Fsp3) is 0.483. The van der Waals surface area contributed by atoms with Crippen LogP contribution in [0.3, 0.4) is 0 Å². The van der Waals surface area contributed by atoms with Crippen LogP contribution in [0.15, 0.2) is 48.7 Å². The van der Waals surface area contributed by atoms with Crippen LogP contribution in [-0.2, 0) is 14.3 Å². The number of cyclic esters (lactones) is 1. The maximum Gasteiger partial charge on any atom is 0.407 e. The van der Waals surface area contributed by atoms with Crippen LogP contribution in [0, 0.1) is 35.4 Å². The fourth-order valence-electron chi connectivity index (χ4n) is 6.64. The van der Waals surface area contributed by atoms with Crippen molar-refractivity contribution in [2.24, 2.45) is 29.6 Å². The van der Waals surface area contributed by atoms with Gasteiger partial charge in [0.05, 0.1) is 18.2 Å². The summed E-state index contributed by atoms with van der Waals surface area (Å²) in [6, 6.07) is 10.4. The molecule has 0 bridgehead atoms. The van der Waals surface area contributed by atoms with E-state index in [-0.39, 0.29) is 47.8 Å². The number of carbonyl (C=O) groups is 2. The van der Waals surface area contributed by atoms with Gasteiger partial charge in [0.15, 0.2) is 0 Å². The minimum atomic E-state index is -0.368. The number of allylic oxidation sites excluding steroid dienone is 1. The molecule has 190 valence electrons. The summed E-state index contributed by atoms with van der Waals surface area (Å²) < 4.78 is 24.3. The highest BCUT2D eigenvalue weighted by molar-refractivity contribution is 5.75. The Labute approximate surface area is 211 Å². The maximum atomic E-state index is 13.6. The number of halogens is 1. The van der Waals surface area contributed by atoms with Gasteiger partial charge in [-0.15, -0.1) is 0 Å². The summed E-state index contributed by atoms with van der Waals surface area (Å²) in [4.78, 5) is 29.2. The number of hydrogen-bond donors (Lipinski definition) is 1. The second kappa shape index (κ2) is 10.4. The van der Waals surface area contributed by atoms with E-state index in [4.69, 9.17) is 9.47 Å². The van der Waals surface area contributed by atoms with Gasteiger partial charge in [-0.25, -0.2) is 9.18 Å². The van der Waals surface area contributed by atoms with Crippen molar-refractivity contribution in [1.29, 1.82) is 0 Å². The number of alkyl carbamates (subject to hydrolysis) is 1. The smallest absolute Gasteiger partial charge is 0.407 e. The van der Waals surface area contributed by atoms with Crippen LogP contribution < -0.4 is 5.32 Å². The number of hydrogen-bond acceptors (Lipinski definition) is 5. The number of carbonyl (C=O) groups excluding carboxylic acids is 2. The molecule has 0 spiro atoms. The standard InChI is InChI=1S/C29H33FN2O4/c1-3-35-29(34)32-23-10-11-24-20(14-23)15-26-27(17(2)36-28(26)33)25(24)12-9-22-8-7-19(16-31-22)18-5-4-6-21(30)13-18/h4-9,12-13,16-17,20,23-27H,3,10-11,14-15H2,1-2H3,(H,32,34)/t17-,20+,23-,24?,25+,26-,27+/m1/s1. The van der Waals surface area contributed by atoms with Gasteiger partial charge >= 0.3 is 12.1 Å². The minimum absolute atomic E-state index is 0.0679. The normalized spacial score (nSPS) is 31.4. The minimum Gasteiger partial charge on any atom is -0.462 e. The number of ether oxygens (including phenoxy) is 2. The lowest BCUT2D eigenvalue weighted by Gasteiger charge is -2.47. The first-order valence-corrected chi connectivity index (χ1v) is 13.0. The monoisotopic (exact) mass is 492 g/mol. The van der Waals surface area contributed by atoms with Crippen molar-refractivity contribution in [2.45, 2.75) is 51.7 Å². The van der Waals surface area contributed by atoms with E-state index in [2.05, 4.69) is 16.4 Å². The summed E-state index contributed by atoms with van der Waals surface area (Å²) >= 11 is 0. The van der Waals surface area contributed by atoms with Crippen LogP contribution in [0.1, 0.15) is 45.2 Å². The second-order valence-electron chi connectivity index (χ2n) is 10.3. The van der Waals surface area contributed by atoms with E-state index in [1.807, 2.05) is 31.2 Å². The fourth-order valence-corrected chi connectivity index (χ4v) is 6.64. The third kappa shape index (κ3) is 5.01. The summed E-state index contributed by atoms with van der Waals surface area (Å²) in [5.74, 6) is 0.629. The van der Waals surface area contributed by atoms with Gasteiger partial charge in [-0.2, -0.15) is 0 Å². The van der Waals surface area contributed by atoms with Crippen LogP contribution in [0.4, 0.5) is 9.18 Å². The van der Waals surface area contributed by atoms with Gasteiger partial charge < -0.3 is 14.8 Å². The zero-order valence-electron chi connectivity index (χ0n) is 20.7. The highest BCUT2D eigenvalue weighted by Crippen LogP contribution is 2.53. The Morgan fingerprint density at radius 3 is 2.83 bits per heavy atom. The van der Waals surface area contributed by atoms with E-state index in [1.54, 1.807) is 19.2 Å². The molecule has 2 heterocycles. The lowest BCUT2D eigenvalue weighted by molar-refractivity contribution is -0.144. The molecule has 6 nitrogen and oxygen atoms in total. The van der Waals surface area contributed by atoms with E-state index in [0.29, 0.717) is 18.4 Å². The van der Waals surface area contributed by atoms with E-state index < -0.39 is 0 Å². The van der Waals surface area contributed by atoms with Crippen LogP contribution in [0.5, 0.6) is 0 Å². The first-order valence-electron chi connectivity index (χ1n) is 13.0. The molecule has 5 rings (SSSR count). The van der Waals surface area contributed by atoms with Gasteiger partial charge in [0.2, 0.25) is 0 Å². The van der Waals surface area contributed by atoms with Gasteiger partial charge in [0.1, 0.15) is 11.9 Å². The molecular weight excluding hydrogens is 459 g/mol. The number of rotatable bonds is 5. The Kier molecular flexibility index (Phi) is 7.08. The lowest BCUT2D eigenvalue weighted by atomic mass is 9.57. The molecule has 2 saturated carbocycles. The van der Waals surface area contributed by atoms with Crippen molar-refractivity contribution >= 4 is 18.1 Å². The largest absolute Gasteiger partial charge is 0.462 e. The average molecular weight is 493 g/mol. The van der Waals surface area contributed by atoms with Gasteiger partial charge in [-0.05, 0) is 87.1 Å². The number of nitrogens with one attached hydrogen (secondary N) is 1. The Bertz CT molecular complexity index is 1130. The third-order valence-corrected chi connectivity index (χ3v) is 8.18. The molecule has 1 unspecified atom stereocenters.